The first-order valence-corrected chi connectivity index (χ1v) is 11.2. The number of hydrogen-bond acceptors (Lipinski definition) is 5. The number of likely N-dealkylation sites (tertiary alicyclic amines) is 1. The van der Waals surface area contributed by atoms with E-state index in [1.54, 1.807) is 0 Å². The van der Waals surface area contributed by atoms with Crippen molar-refractivity contribution in [3.05, 3.63) is 53.7 Å². The fourth-order valence-electron chi connectivity index (χ4n) is 4.30. The lowest BCUT2D eigenvalue weighted by Gasteiger charge is -2.19. The van der Waals surface area contributed by atoms with Gasteiger partial charge in [-0.1, -0.05) is 12.1 Å². The summed E-state index contributed by atoms with van der Waals surface area (Å²) < 4.78 is 0. The summed E-state index contributed by atoms with van der Waals surface area (Å²) in [6.45, 7) is 4.11. The fraction of sp³-hybridized carbons (Fsp3) is 0.400. The van der Waals surface area contributed by atoms with Crippen LogP contribution in [0.5, 0.6) is 0 Å². The first kappa shape index (κ1) is 19.9. The highest BCUT2D eigenvalue weighted by molar-refractivity contribution is 5.96. The first-order valence-electron chi connectivity index (χ1n) is 11.2. The van der Waals surface area contributed by atoms with E-state index in [-0.39, 0.29) is 5.91 Å². The molecule has 2 heterocycles. The lowest BCUT2D eigenvalue weighted by atomic mass is 9.97. The number of benzene rings is 2. The Balaban J connectivity index is 1.36. The van der Waals surface area contributed by atoms with Gasteiger partial charge in [-0.2, -0.15) is 0 Å². The van der Waals surface area contributed by atoms with E-state index in [4.69, 9.17) is 4.98 Å². The third-order valence-corrected chi connectivity index (χ3v) is 6.47. The minimum Gasteiger partial charge on any atom is -0.353 e. The van der Waals surface area contributed by atoms with Gasteiger partial charge in [0, 0.05) is 35.8 Å². The monoisotopic (exact) mass is 415 g/mol. The zero-order valence-corrected chi connectivity index (χ0v) is 18.2. The summed E-state index contributed by atoms with van der Waals surface area (Å²) in [5.41, 5.74) is 4.91. The summed E-state index contributed by atoms with van der Waals surface area (Å²) in [5.74, 6) is 0.687. The van der Waals surface area contributed by atoms with Gasteiger partial charge in [0.25, 0.3) is 5.91 Å². The molecule has 1 unspecified atom stereocenters. The molecule has 1 saturated carbocycles. The number of likely N-dealkylation sites (N-methyl/N-ethyl adjacent to an activating group) is 1. The molecule has 1 aliphatic carbocycles. The van der Waals surface area contributed by atoms with Gasteiger partial charge in [0.15, 0.2) is 0 Å². The summed E-state index contributed by atoms with van der Waals surface area (Å²) in [4.78, 5) is 24.1. The highest BCUT2D eigenvalue weighted by Gasteiger charge is 2.24. The van der Waals surface area contributed by atoms with Gasteiger partial charge in [-0.25, -0.2) is 9.97 Å². The second-order valence-corrected chi connectivity index (χ2v) is 8.90. The number of hydrogen-bond donors (Lipinski definition) is 2. The maximum absolute atomic E-state index is 12.5. The van der Waals surface area contributed by atoms with Crippen LogP contribution in [-0.4, -0.2) is 53.0 Å². The Hall–Kier alpha value is -2.99. The first-order chi connectivity index (χ1) is 15.1. The Bertz CT molecular complexity index is 1120. The molecule has 2 fully saturated rings. The number of rotatable bonds is 6. The maximum Gasteiger partial charge on any atom is 0.251 e. The van der Waals surface area contributed by atoms with E-state index in [1.165, 1.54) is 12.8 Å². The van der Waals surface area contributed by atoms with Crippen molar-refractivity contribution >= 4 is 22.8 Å². The maximum atomic E-state index is 12.5. The molecule has 6 nitrogen and oxygen atoms in total. The molecule has 2 N–H and O–H groups in total. The SMILES string of the molecule is Cc1ccc(C(=O)NC2CC2)cc1-c1ccc2nc(NCC3CCCN3C)ncc2c1. The lowest BCUT2D eigenvalue weighted by Crippen LogP contribution is -2.31. The van der Waals surface area contributed by atoms with Crippen LogP contribution in [0.3, 0.4) is 0 Å². The standard InChI is InChI=1S/C25H29N5O/c1-16-5-6-18(24(31)28-20-8-9-20)13-22(16)17-7-10-23-19(12-17)14-26-25(29-23)27-15-21-4-3-11-30(21)2/h5-7,10,12-14,20-21H,3-4,8-9,11,15H2,1-2H3,(H,28,31)(H,26,27,29). The van der Waals surface area contributed by atoms with Crippen LogP contribution in [0.25, 0.3) is 22.0 Å². The Labute approximate surface area is 183 Å². The molecule has 2 aliphatic rings. The number of carbonyl (C=O) groups is 1. The van der Waals surface area contributed by atoms with Gasteiger partial charge in [0.2, 0.25) is 5.95 Å². The number of amides is 1. The van der Waals surface area contributed by atoms with Gasteiger partial charge in [-0.15, -0.1) is 0 Å². The Kier molecular flexibility index (Phi) is 5.32. The van der Waals surface area contributed by atoms with Crippen LogP contribution in [0, 0.1) is 6.92 Å². The van der Waals surface area contributed by atoms with Gasteiger partial charge < -0.3 is 15.5 Å². The number of aromatic nitrogens is 2. The highest BCUT2D eigenvalue weighted by Crippen LogP contribution is 2.28. The predicted molar refractivity (Wildman–Crippen MR) is 124 cm³/mol. The zero-order chi connectivity index (χ0) is 21.4. The van der Waals surface area contributed by atoms with Gasteiger partial charge in [0.1, 0.15) is 0 Å². The minimum atomic E-state index is 0.0106. The van der Waals surface area contributed by atoms with Crippen molar-refractivity contribution in [3.8, 4) is 11.1 Å². The van der Waals surface area contributed by atoms with Crippen molar-refractivity contribution in [2.75, 3.05) is 25.5 Å². The van der Waals surface area contributed by atoms with E-state index in [2.05, 4.69) is 46.6 Å². The molecule has 1 aromatic heterocycles. The van der Waals surface area contributed by atoms with Crippen molar-refractivity contribution < 1.29 is 4.79 Å². The van der Waals surface area contributed by atoms with Crippen LogP contribution >= 0.6 is 0 Å². The molecule has 2 aromatic carbocycles. The Morgan fingerprint density at radius 1 is 1.16 bits per heavy atom. The van der Waals surface area contributed by atoms with Crippen LogP contribution in [0.15, 0.2) is 42.6 Å². The molecule has 31 heavy (non-hydrogen) atoms. The van der Waals surface area contributed by atoms with Gasteiger partial charge in [-0.3, -0.25) is 4.79 Å². The van der Waals surface area contributed by atoms with E-state index >= 15 is 0 Å². The van der Waals surface area contributed by atoms with Crippen molar-refractivity contribution in [2.24, 2.45) is 0 Å². The van der Waals surface area contributed by atoms with Crippen LogP contribution in [0.4, 0.5) is 5.95 Å². The third-order valence-electron chi connectivity index (χ3n) is 6.47. The van der Waals surface area contributed by atoms with Gasteiger partial charge >= 0.3 is 0 Å². The molecular weight excluding hydrogens is 386 g/mol. The molecular formula is C25H29N5O. The van der Waals surface area contributed by atoms with E-state index in [9.17, 15) is 4.79 Å². The van der Waals surface area contributed by atoms with Crippen LogP contribution in [0.2, 0.25) is 0 Å². The summed E-state index contributed by atoms with van der Waals surface area (Å²) in [6.07, 6.45) is 6.53. The summed E-state index contributed by atoms with van der Waals surface area (Å²) in [7, 11) is 2.18. The van der Waals surface area contributed by atoms with Gasteiger partial charge in [-0.05, 0) is 87.2 Å². The molecule has 6 heteroatoms. The number of nitrogens with one attached hydrogen (secondary N) is 2. The largest absolute Gasteiger partial charge is 0.353 e. The topological polar surface area (TPSA) is 70.2 Å². The number of anilines is 1. The molecule has 0 bridgehead atoms. The summed E-state index contributed by atoms with van der Waals surface area (Å²) in [5, 5.41) is 7.46. The van der Waals surface area contributed by atoms with E-state index in [0.717, 1.165) is 53.5 Å². The smallest absolute Gasteiger partial charge is 0.251 e. The quantitative estimate of drug-likeness (QED) is 0.637. The van der Waals surface area contributed by atoms with Crippen molar-refractivity contribution in [2.45, 2.75) is 44.7 Å². The second kappa shape index (κ2) is 8.27. The lowest BCUT2D eigenvalue weighted by molar-refractivity contribution is 0.0951. The zero-order valence-electron chi connectivity index (χ0n) is 18.2. The predicted octanol–water partition coefficient (Wildman–Crippen LogP) is 4.00. The molecule has 1 atom stereocenters. The minimum absolute atomic E-state index is 0.0106. The number of fused-ring (bicyclic) bond motifs is 1. The van der Waals surface area contributed by atoms with Crippen molar-refractivity contribution in [1.82, 2.24) is 20.2 Å². The average molecular weight is 416 g/mol. The number of carbonyl (C=O) groups excluding carboxylic acids is 1. The molecule has 0 radical (unpaired) electrons. The molecule has 160 valence electrons. The third kappa shape index (κ3) is 4.39. The molecule has 0 spiro atoms. The normalized spacial score (nSPS) is 19.0. The molecule has 5 rings (SSSR count). The van der Waals surface area contributed by atoms with E-state index in [1.807, 2.05) is 30.5 Å². The van der Waals surface area contributed by atoms with Crippen LogP contribution in [-0.2, 0) is 0 Å². The Morgan fingerprint density at radius 2 is 2.03 bits per heavy atom. The molecule has 1 amide bonds. The van der Waals surface area contributed by atoms with Crippen molar-refractivity contribution in [1.29, 1.82) is 0 Å². The summed E-state index contributed by atoms with van der Waals surface area (Å²) in [6, 6.07) is 13.0. The highest BCUT2D eigenvalue weighted by atomic mass is 16.1. The van der Waals surface area contributed by atoms with Crippen LogP contribution in [0.1, 0.15) is 41.6 Å². The summed E-state index contributed by atoms with van der Waals surface area (Å²) >= 11 is 0. The second-order valence-electron chi connectivity index (χ2n) is 8.90. The fourth-order valence-corrected chi connectivity index (χ4v) is 4.30. The average Bonchev–Trinajstić information content (AvgIpc) is 3.50. The van der Waals surface area contributed by atoms with Crippen LogP contribution < -0.4 is 10.6 Å². The van der Waals surface area contributed by atoms with Crippen molar-refractivity contribution in [3.63, 3.8) is 0 Å². The number of nitrogens with zero attached hydrogens (tertiary/aromatic N) is 3. The molecule has 3 aromatic rings. The van der Waals surface area contributed by atoms with Gasteiger partial charge in [0.05, 0.1) is 5.52 Å². The van der Waals surface area contributed by atoms with E-state index in [0.29, 0.717) is 23.6 Å². The molecule has 1 aliphatic heterocycles. The molecule has 1 saturated heterocycles. The number of aryl methyl sites for hydroxylation is 1. The van der Waals surface area contributed by atoms with E-state index < -0.39 is 0 Å². The Morgan fingerprint density at radius 3 is 2.81 bits per heavy atom.